The molecule has 0 aliphatic rings. The zero-order valence-corrected chi connectivity index (χ0v) is 18.6. The molecule has 156 valence electrons. The number of nitrogens with zero attached hydrogens (tertiary/aromatic N) is 2. The highest BCUT2D eigenvalue weighted by atomic mass is 79.9. The molecule has 0 spiro atoms. The van der Waals surface area contributed by atoms with E-state index in [4.69, 9.17) is 9.26 Å². The minimum absolute atomic E-state index is 0.114. The number of hydrogen-bond acceptors (Lipinski definition) is 7. The smallest absolute Gasteiger partial charge is 0.238 e. The van der Waals surface area contributed by atoms with E-state index < -0.39 is 5.25 Å². The molecule has 30 heavy (non-hydrogen) atoms. The zero-order valence-electron chi connectivity index (χ0n) is 16.2. The quantitative estimate of drug-likeness (QED) is 0.473. The summed E-state index contributed by atoms with van der Waals surface area (Å²) in [5, 5.41) is 8.66. The lowest BCUT2D eigenvalue weighted by atomic mass is 10.3. The van der Waals surface area contributed by atoms with Crippen molar-refractivity contribution in [3.63, 3.8) is 0 Å². The average molecular weight is 491 g/mol. The van der Waals surface area contributed by atoms with Crippen molar-refractivity contribution in [3.8, 4) is 11.6 Å². The molecule has 3 rings (SSSR count). The molecule has 1 aromatic carbocycles. The van der Waals surface area contributed by atoms with Gasteiger partial charge in [0, 0.05) is 16.6 Å². The van der Waals surface area contributed by atoms with Gasteiger partial charge in [0.05, 0.1) is 22.9 Å². The molecule has 8 nitrogen and oxygen atoms in total. The van der Waals surface area contributed by atoms with E-state index >= 15 is 0 Å². The first kappa shape index (κ1) is 21.8. The van der Waals surface area contributed by atoms with Crippen molar-refractivity contribution in [1.29, 1.82) is 0 Å². The second-order valence-corrected chi connectivity index (χ2v) is 8.50. The molecule has 2 amide bonds. The van der Waals surface area contributed by atoms with E-state index in [9.17, 15) is 9.59 Å². The number of thioether (sulfide) groups is 1. The van der Waals surface area contributed by atoms with Gasteiger partial charge in [-0.05, 0) is 38.1 Å². The number of nitrogens with one attached hydrogen (secondary N) is 2. The minimum atomic E-state index is -0.438. The molecule has 10 heteroatoms. The third-order valence-corrected chi connectivity index (χ3v) is 5.39. The van der Waals surface area contributed by atoms with E-state index in [-0.39, 0.29) is 17.6 Å². The predicted molar refractivity (Wildman–Crippen MR) is 119 cm³/mol. The summed E-state index contributed by atoms with van der Waals surface area (Å²) in [5.74, 6) is 1.64. The van der Waals surface area contributed by atoms with Crippen molar-refractivity contribution in [3.05, 3.63) is 58.9 Å². The Kier molecular flexibility index (Phi) is 7.47. The van der Waals surface area contributed by atoms with E-state index in [0.717, 1.165) is 4.47 Å². The SMILES string of the molecule is Cc1cc(NC(=O)C(C)SCC(=O)Nc2ccc(Oc3cccc(Br)c3)nc2)no1. The number of pyridine rings is 1. The molecule has 0 saturated heterocycles. The summed E-state index contributed by atoms with van der Waals surface area (Å²) in [4.78, 5) is 28.5. The van der Waals surface area contributed by atoms with Gasteiger partial charge in [-0.3, -0.25) is 9.59 Å². The van der Waals surface area contributed by atoms with Crippen LogP contribution in [-0.2, 0) is 9.59 Å². The number of carbonyl (C=O) groups is 2. The van der Waals surface area contributed by atoms with Gasteiger partial charge in [-0.1, -0.05) is 27.2 Å². The number of rotatable bonds is 8. The van der Waals surface area contributed by atoms with Gasteiger partial charge in [0.15, 0.2) is 5.82 Å². The Morgan fingerprint density at radius 1 is 1.23 bits per heavy atom. The Hall–Kier alpha value is -2.85. The van der Waals surface area contributed by atoms with E-state index in [1.54, 1.807) is 32.0 Å². The lowest BCUT2D eigenvalue weighted by Crippen LogP contribution is -2.25. The van der Waals surface area contributed by atoms with Gasteiger partial charge < -0.3 is 19.9 Å². The van der Waals surface area contributed by atoms with Crippen LogP contribution in [0.25, 0.3) is 0 Å². The molecule has 0 bridgehead atoms. The summed E-state index contributed by atoms with van der Waals surface area (Å²) < 4.78 is 11.5. The van der Waals surface area contributed by atoms with Crippen molar-refractivity contribution in [2.45, 2.75) is 19.1 Å². The highest BCUT2D eigenvalue weighted by Crippen LogP contribution is 2.23. The maximum absolute atomic E-state index is 12.2. The third kappa shape index (κ3) is 6.60. The number of aryl methyl sites for hydroxylation is 1. The number of ether oxygens (including phenoxy) is 1. The molecular formula is C20H19BrN4O4S. The number of amides is 2. The van der Waals surface area contributed by atoms with Crippen LogP contribution in [0.5, 0.6) is 11.6 Å². The molecule has 3 aromatic rings. The van der Waals surface area contributed by atoms with Gasteiger partial charge in [-0.2, -0.15) is 0 Å². The molecule has 0 aliphatic heterocycles. The van der Waals surface area contributed by atoms with Gasteiger partial charge in [-0.25, -0.2) is 4.98 Å². The van der Waals surface area contributed by atoms with Crippen LogP contribution < -0.4 is 15.4 Å². The predicted octanol–water partition coefficient (Wildman–Crippen LogP) is 4.63. The number of benzene rings is 1. The first-order valence-corrected chi connectivity index (χ1v) is 10.8. The van der Waals surface area contributed by atoms with Crippen LogP contribution in [0.4, 0.5) is 11.5 Å². The molecule has 0 fully saturated rings. The van der Waals surface area contributed by atoms with E-state index in [2.05, 4.69) is 36.7 Å². The lowest BCUT2D eigenvalue weighted by molar-refractivity contribution is -0.115. The van der Waals surface area contributed by atoms with Crippen LogP contribution in [0.15, 0.2) is 57.7 Å². The summed E-state index contributed by atoms with van der Waals surface area (Å²) in [6.45, 7) is 3.45. The largest absolute Gasteiger partial charge is 0.439 e. The fourth-order valence-electron chi connectivity index (χ4n) is 2.29. The van der Waals surface area contributed by atoms with Gasteiger partial charge in [-0.15, -0.1) is 11.8 Å². The van der Waals surface area contributed by atoms with Crippen molar-refractivity contribution < 1.29 is 18.8 Å². The standard InChI is InChI=1S/C20H19BrN4O4S/c1-12-8-17(25-29-12)24-20(27)13(2)30-11-18(26)23-15-6-7-19(22-10-15)28-16-5-3-4-14(21)9-16/h3-10,13H,11H2,1-2H3,(H,23,26)(H,24,25,27). The van der Waals surface area contributed by atoms with E-state index in [0.29, 0.717) is 28.9 Å². The van der Waals surface area contributed by atoms with Crippen molar-refractivity contribution >= 4 is 51.0 Å². The Balaban J connectivity index is 1.44. The molecule has 1 unspecified atom stereocenters. The Morgan fingerprint density at radius 3 is 2.73 bits per heavy atom. The minimum Gasteiger partial charge on any atom is -0.439 e. The normalized spacial score (nSPS) is 11.6. The third-order valence-electron chi connectivity index (χ3n) is 3.75. The average Bonchev–Trinajstić information content (AvgIpc) is 3.12. The van der Waals surface area contributed by atoms with Gasteiger partial charge in [0.2, 0.25) is 17.7 Å². The topological polar surface area (TPSA) is 106 Å². The van der Waals surface area contributed by atoms with Gasteiger partial charge >= 0.3 is 0 Å². The summed E-state index contributed by atoms with van der Waals surface area (Å²) in [6.07, 6.45) is 1.51. The van der Waals surface area contributed by atoms with Crippen LogP contribution in [0.1, 0.15) is 12.7 Å². The molecule has 1 atom stereocenters. The number of halogens is 1. The second kappa shape index (κ2) is 10.3. The highest BCUT2D eigenvalue weighted by Gasteiger charge is 2.17. The number of anilines is 2. The number of carbonyl (C=O) groups excluding carboxylic acids is 2. The summed E-state index contributed by atoms with van der Waals surface area (Å²) in [7, 11) is 0. The first-order chi connectivity index (χ1) is 14.4. The van der Waals surface area contributed by atoms with Gasteiger partial charge in [0.25, 0.3) is 0 Å². The van der Waals surface area contributed by atoms with Crippen molar-refractivity contribution in [2.75, 3.05) is 16.4 Å². The van der Waals surface area contributed by atoms with Crippen LogP contribution >= 0.6 is 27.7 Å². The molecule has 2 aromatic heterocycles. The second-order valence-electron chi connectivity index (χ2n) is 6.26. The lowest BCUT2D eigenvalue weighted by Gasteiger charge is -2.11. The monoisotopic (exact) mass is 490 g/mol. The maximum atomic E-state index is 12.2. The Bertz CT molecular complexity index is 1030. The van der Waals surface area contributed by atoms with Gasteiger partial charge in [0.1, 0.15) is 11.5 Å². The van der Waals surface area contributed by atoms with Crippen LogP contribution in [-0.4, -0.2) is 33.0 Å². The maximum Gasteiger partial charge on any atom is 0.238 e. The van der Waals surface area contributed by atoms with E-state index in [1.165, 1.54) is 18.0 Å². The fourth-order valence-corrected chi connectivity index (χ4v) is 3.35. The summed E-state index contributed by atoms with van der Waals surface area (Å²) >= 11 is 4.60. The molecule has 0 radical (unpaired) electrons. The van der Waals surface area contributed by atoms with Crippen LogP contribution in [0, 0.1) is 6.92 Å². The summed E-state index contributed by atoms with van der Waals surface area (Å²) in [6, 6.07) is 12.4. The van der Waals surface area contributed by atoms with Crippen molar-refractivity contribution in [2.24, 2.45) is 0 Å². The number of aromatic nitrogens is 2. The number of hydrogen-bond donors (Lipinski definition) is 2. The summed E-state index contributed by atoms with van der Waals surface area (Å²) in [5.41, 5.74) is 0.539. The molecular weight excluding hydrogens is 472 g/mol. The zero-order chi connectivity index (χ0) is 21.5. The molecule has 0 aliphatic carbocycles. The fraction of sp³-hybridized carbons (Fsp3) is 0.200. The Labute approximate surface area is 185 Å². The molecule has 2 heterocycles. The highest BCUT2D eigenvalue weighted by molar-refractivity contribution is 9.10. The molecule has 0 saturated carbocycles. The van der Waals surface area contributed by atoms with E-state index in [1.807, 2.05) is 24.3 Å². The first-order valence-electron chi connectivity index (χ1n) is 8.94. The Morgan fingerprint density at radius 2 is 2.07 bits per heavy atom. The molecule has 2 N–H and O–H groups in total. The van der Waals surface area contributed by atoms with Crippen molar-refractivity contribution in [1.82, 2.24) is 10.1 Å². The van der Waals surface area contributed by atoms with Crippen LogP contribution in [0.2, 0.25) is 0 Å². The van der Waals surface area contributed by atoms with Crippen LogP contribution in [0.3, 0.4) is 0 Å².